The van der Waals surface area contributed by atoms with Crippen LogP contribution < -0.4 is 10.5 Å². The number of thioether (sulfide) groups is 1. The molecule has 0 saturated heterocycles. The van der Waals surface area contributed by atoms with E-state index in [9.17, 15) is 8.42 Å². The van der Waals surface area contributed by atoms with E-state index in [0.717, 1.165) is 4.90 Å². The van der Waals surface area contributed by atoms with Gasteiger partial charge in [0.1, 0.15) is 0 Å². The minimum atomic E-state index is -3.13. The van der Waals surface area contributed by atoms with Crippen molar-refractivity contribution in [1.82, 2.24) is 4.72 Å². The van der Waals surface area contributed by atoms with Gasteiger partial charge in [-0.2, -0.15) is 0 Å². The molecule has 1 rings (SSSR count). The summed E-state index contributed by atoms with van der Waals surface area (Å²) in [5.41, 5.74) is 6.43. The van der Waals surface area contributed by atoms with E-state index in [1.807, 2.05) is 18.2 Å². The number of nitrogens with two attached hydrogens (primary N) is 1. The molecular weight excluding hydrogens is 244 g/mol. The SMILES string of the molecule is CCNS(=O)(=O)CCSc1ccccc1N. The van der Waals surface area contributed by atoms with Crippen LogP contribution in [-0.2, 0) is 10.0 Å². The molecule has 0 aromatic heterocycles. The van der Waals surface area contributed by atoms with Crippen LogP contribution in [0.15, 0.2) is 29.2 Å². The van der Waals surface area contributed by atoms with Gasteiger partial charge in [0.25, 0.3) is 0 Å². The standard InChI is InChI=1S/C10H16N2O2S2/c1-2-12-16(13,14)8-7-15-10-6-4-3-5-9(10)11/h3-6,12H,2,7-8,11H2,1H3. The van der Waals surface area contributed by atoms with Gasteiger partial charge in [-0.15, -0.1) is 11.8 Å². The van der Waals surface area contributed by atoms with Crippen LogP contribution >= 0.6 is 11.8 Å². The molecule has 4 nitrogen and oxygen atoms in total. The summed E-state index contributed by atoms with van der Waals surface area (Å²) in [5.74, 6) is 0.614. The second-order valence-corrected chi connectivity index (χ2v) is 6.27. The number of anilines is 1. The molecular formula is C10H16N2O2S2. The summed E-state index contributed by atoms with van der Waals surface area (Å²) >= 11 is 1.46. The van der Waals surface area contributed by atoms with Gasteiger partial charge < -0.3 is 5.73 Å². The van der Waals surface area contributed by atoms with Gasteiger partial charge in [0, 0.05) is 22.9 Å². The summed E-state index contributed by atoms with van der Waals surface area (Å²) in [6.07, 6.45) is 0. The van der Waals surface area contributed by atoms with Crippen LogP contribution in [0, 0.1) is 0 Å². The number of rotatable bonds is 6. The van der Waals surface area contributed by atoms with Crippen LogP contribution in [-0.4, -0.2) is 26.5 Å². The summed E-state index contributed by atoms with van der Waals surface area (Å²) in [4.78, 5) is 0.925. The summed E-state index contributed by atoms with van der Waals surface area (Å²) in [6.45, 7) is 2.19. The molecule has 3 N–H and O–H groups in total. The Hall–Kier alpha value is -0.720. The Morgan fingerprint density at radius 3 is 2.69 bits per heavy atom. The van der Waals surface area contributed by atoms with Crippen molar-refractivity contribution in [1.29, 1.82) is 0 Å². The van der Waals surface area contributed by atoms with E-state index in [-0.39, 0.29) is 5.75 Å². The number of hydrogen-bond acceptors (Lipinski definition) is 4. The second kappa shape index (κ2) is 6.12. The number of nitrogen functional groups attached to an aromatic ring is 1. The molecule has 0 amide bonds. The van der Waals surface area contributed by atoms with Crippen LogP contribution in [0.2, 0.25) is 0 Å². The van der Waals surface area contributed by atoms with Crippen molar-refractivity contribution in [3.8, 4) is 0 Å². The molecule has 1 aromatic carbocycles. The largest absolute Gasteiger partial charge is 0.398 e. The van der Waals surface area contributed by atoms with Crippen molar-refractivity contribution in [2.24, 2.45) is 0 Å². The van der Waals surface area contributed by atoms with E-state index in [1.54, 1.807) is 13.0 Å². The third-order valence-corrected chi connectivity index (χ3v) is 4.71. The number of nitrogens with one attached hydrogen (secondary N) is 1. The Balaban J connectivity index is 2.45. The number of hydrogen-bond donors (Lipinski definition) is 2. The topological polar surface area (TPSA) is 72.2 Å². The lowest BCUT2D eigenvalue weighted by Crippen LogP contribution is -2.26. The highest BCUT2D eigenvalue weighted by molar-refractivity contribution is 8.00. The first kappa shape index (κ1) is 13.3. The maximum atomic E-state index is 11.3. The fourth-order valence-electron chi connectivity index (χ4n) is 1.17. The monoisotopic (exact) mass is 260 g/mol. The second-order valence-electron chi connectivity index (χ2n) is 3.20. The van der Waals surface area contributed by atoms with Crippen molar-refractivity contribution in [2.45, 2.75) is 11.8 Å². The number of benzene rings is 1. The molecule has 0 aliphatic rings. The molecule has 0 fully saturated rings. The highest BCUT2D eigenvalue weighted by Crippen LogP contribution is 2.24. The van der Waals surface area contributed by atoms with Crippen LogP contribution in [0.1, 0.15) is 6.92 Å². The Kier molecular flexibility index (Phi) is 5.11. The van der Waals surface area contributed by atoms with Crippen LogP contribution in [0.4, 0.5) is 5.69 Å². The van der Waals surface area contributed by atoms with E-state index < -0.39 is 10.0 Å². The molecule has 0 unspecified atom stereocenters. The molecule has 90 valence electrons. The first-order valence-electron chi connectivity index (χ1n) is 5.00. The molecule has 0 saturated carbocycles. The van der Waals surface area contributed by atoms with Gasteiger partial charge in [0.05, 0.1) is 5.75 Å². The van der Waals surface area contributed by atoms with E-state index in [1.165, 1.54) is 11.8 Å². The number of para-hydroxylation sites is 1. The first-order chi connectivity index (χ1) is 7.55. The van der Waals surface area contributed by atoms with Gasteiger partial charge in [-0.25, -0.2) is 13.1 Å². The van der Waals surface area contributed by atoms with Gasteiger partial charge in [-0.1, -0.05) is 19.1 Å². The van der Waals surface area contributed by atoms with E-state index >= 15 is 0 Å². The highest BCUT2D eigenvalue weighted by atomic mass is 32.2. The summed E-state index contributed by atoms with van der Waals surface area (Å²) in [7, 11) is -3.13. The predicted octanol–water partition coefficient (Wildman–Crippen LogP) is 1.30. The molecule has 0 bridgehead atoms. The fraction of sp³-hybridized carbons (Fsp3) is 0.400. The van der Waals surface area contributed by atoms with E-state index in [2.05, 4.69) is 4.72 Å². The van der Waals surface area contributed by atoms with E-state index in [0.29, 0.717) is 18.0 Å². The van der Waals surface area contributed by atoms with Crippen molar-refractivity contribution < 1.29 is 8.42 Å². The Morgan fingerprint density at radius 1 is 1.38 bits per heavy atom. The molecule has 0 heterocycles. The van der Waals surface area contributed by atoms with Gasteiger partial charge in [-0.3, -0.25) is 0 Å². The lowest BCUT2D eigenvalue weighted by Gasteiger charge is -2.06. The Morgan fingerprint density at radius 2 is 2.06 bits per heavy atom. The van der Waals surface area contributed by atoms with Gasteiger partial charge in [-0.05, 0) is 12.1 Å². The lowest BCUT2D eigenvalue weighted by atomic mass is 10.3. The van der Waals surface area contributed by atoms with Crippen LogP contribution in [0.3, 0.4) is 0 Å². The Labute approximate surface area is 101 Å². The molecule has 0 atom stereocenters. The highest BCUT2D eigenvalue weighted by Gasteiger charge is 2.08. The minimum Gasteiger partial charge on any atom is -0.398 e. The molecule has 0 aliphatic heterocycles. The van der Waals surface area contributed by atoms with Gasteiger partial charge >= 0.3 is 0 Å². The summed E-state index contributed by atoms with van der Waals surface area (Å²) in [6, 6.07) is 7.44. The van der Waals surface area contributed by atoms with Gasteiger partial charge in [0.15, 0.2) is 0 Å². The molecule has 16 heavy (non-hydrogen) atoms. The van der Waals surface area contributed by atoms with Crippen LogP contribution in [0.25, 0.3) is 0 Å². The minimum absolute atomic E-state index is 0.111. The first-order valence-corrected chi connectivity index (χ1v) is 7.63. The average molecular weight is 260 g/mol. The zero-order valence-electron chi connectivity index (χ0n) is 9.14. The van der Waals surface area contributed by atoms with Crippen molar-refractivity contribution in [3.63, 3.8) is 0 Å². The average Bonchev–Trinajstić information content (AvgIpc) is 2.20. The van der Waals surface area contributed by atoms with E-state index in [4.69, 9.17) is 5.73 Å². The Bertz CT molecular complexity index is 432. The van der Waals surface area contributed by atoms with Gasteiger partial charge in [0.2, 0.25) is 10.0 Å². The maximum Gasteiger partial charge on any atom is 0.212 e. The smallest absolute Gasteiger partial charge is 0.212 e. The third-order valence-electron chi connectivity index (χ3n) is 1.89. The zero-order chi connectivity index (χ0) is 12.0. The van der Waals surface area contributed by atoms with Crippen LogP contribution in [0.5, 0.6) is 0 Å². The molecule has 1 aromatic rings. The summed E-state index contributed by atoms with van der Waals surface area (Å²) in [5, 5.41) is 0. The zero-order valence-corrected chi connectivity index (χ0v) is 10.8. The van der Waals surface area contributed by atoms with Crippen molar-refractivity contribution in [2.75, 3.05) is 23.8 Å². The third kappa shape index (κ3) is 4.42. The quantitative estimate of drug-likeness (QED) is 0.597. The predicted molar refractivity (Wildman–Crippen MR) is 69.0 cm³/mol. The molecule has 0 spiro atoms. The molecule has 0 aliphatic carbocycles. The summed E-state index contributed by atoms with van der Waals surface area (Å²) < 4.78 is 25.2. The molecule has 6 heteroatoms. The lowest BCUT2D eigenvalue weighted by molar-refractivity contribution is 0.585. The van der Waals surface area contributed by atoms with Crippen molar-refractivity contribution >= 4 is 27.5 Å². The van der Waals surface area contributed by atoms with Crippen molar-refractivity contribution in [3.05, 3.63) is 24.3 Å². The maximum absolute atomic E-state index is 11.3. The fourth-order valence-corrected chi connectivity index (χ4v) is 3.59. The number of sulfonamides is 1. The molecule has 0 radical (unpaired) electrons. The normalized spacial score (nSPS) is 11.6.